The van der Waals surface area contributed by atoms with E-state index < -0.39 is 18.2 Å². The van der Waals surface area contributed by atoms with E-state index in [1.54, 1.807) is 0 Å². The predicted octanol–water partition coefficient (Wildman–Crippen LogP) is 15.2. The van der Waals surface area contributed by atoms with Crippen molar-refractivity contribution in [1.82, 2.24) is 5.32 Å². The van der Waals surface area contributed by atoms with Gasteiger partial charge in [0.2, 0.25) is 5.91 Å². The number of nitrogens with one attached hydrogen (secondary N) is 1. The molecule has 6 nitrogen and oxygen atoms in total. The van der Waals surface area contributed by atoms with Gasteiger partial charge in [0.25, 0.3) is 0 Å². The Balaban J connectivity index is 4.52. The molecule has 57 heavy (non-hydrogen) atoms. The average molecular weight is 808 g/mol. The van der Waals surface area contributed by atoms with Gasteiger partial charge >= 0.3 is 5.97 Å². The van der Waals surface area contributed by atoms with Crippen molar-refractivity contribution in [2.75, 3.05) is 6.61 Å². The second kappa shape index (κ2) is 45.9. The largest absolute Gasteiger partial charge is 0.462 e. The normalized spacial score (nSPS) is 13.1. The van der Waals surface area contributed by atoms with Crippen molar-refractivity contribution in [3.8, 4) is 0 Å². The Morgan fingerprint density at radius 2 is 0.737 bits per heavy atom. The van der Waals surface area contributed by atoms with Crippen LogP contribution in [0.5, 0.6) is 0 Å². The van der Waals surface area contributed by atoms with Crippen molar-refractivity contribution in [3.63, 3.8) is 0 Å². The summed E-state index contributed by atoms with van der Waals surface area (Å²) in [5, 5.41) is 23.7. The number of carbonyl (C=O) groups is 2. The maximum absolute atomic E-state index is 13.2. The van der Waals surface area contributed by atoms with Gasteiger partial charge in [-0.25, -0.2) is 0 Å². The molecule has 3 N–H and O–H groups in total. The number of hydrogen-bond acceptors (Lipinski definition) is 5. The van der Waals surface area contributed by atoms with Crippen molar-refractivity contribution in [2.45, 2.75) is 309 Å². The quantitative estimate of drug-likeness (QED) is 0.0420. The van der Waals surface area contributed by atoms with Crippen molar-refractivity contribution >= 4 is 11.9 Å². The first-order valence-electron chi connectivity index (χ1n) is 25.8. The Bertz CT molecular complexity index is 821. The van der Waals surface area contributed by atoms with Crippen LogP contribution in [0, 0.1) is 0 Å². The molecule has 0 saturated carbocycles. The topological polar surface area (TPSA) is 95.9 Å². The van der Waals surface area contributed by atoms with Crippen LogP contribution in [0.1, 0.15) is 290 Å². The molecule has 1 amide bonds. The summed E-state index contributed by atoms with van der Waals surface area (Å²) >= 11 is 0. The summed E-state index contributed by atoms with van der Waals surface area (Å²) in [7, 11) is 0. The second-order valence-electron chi connectivity index (χ2n) is 17.9. The molecule has 0 aliphatic heterocycles. The maximum atomic E-state index is 13.2. The molecule has 340 valence electrons. The molecule has 0 spiro atoms. The number of esters is 1. The molecule has 0 bridgehead atoms. The highest BCUT2D eigenvalue weighted by Gasteiger charge is 2.24. The molecule has 0 saturated heterocycles. The molecule has 0 heterocycles. The Labute approximate surface area is 356 Å². The van der Waals surface area contributed by atoms with E-state index in [1.807, 2.05) is 0 Å². The minimum atomic E-state index is -0.778. The minimum Gasteiger partial charge on any atom is -0.462 e. The molecule has 0 aliphatic rings. The number of aliphatic hydroxyl groups excluding tert-OH is 2. The van der Waals surface area contributed by atoms with Gasteiger partial charge in [-0.1, -0.05) is 252 Å². The minimum absolute atomic E-state index is 0.0877. The van der Waals surface area contributed by atoms with Crippen LogP contribution in [0.2, 0.25) is 0 Å². The van der Waals surface area contributed by atoms with Gasteiger partial charge in [0.1, 0.15) is 6.10 Å². The highest BCUT2D eigenvalue weighted by molar-refractivity contribution is 5.77. The van der Waals surface area contributed by atoms with E-state index in [4.69, 9.17) is 4.74 Å². The molecular weight excluding hydrogens is 707 g/mol. The standard InChI is InChI=1S/C51H101NO5/c1-4-7-10-13-16-19-22-24-26-28-30-33-36-39-42-47(57-51(56)44-41-38-35-32-29-27-25-23-20-17-14-11-8-5-2)45-50(55)52-48(46-53)49(54)43-40-37-34-31-21-18-15-12-9-6-3/h47-49,53-54H,4-46H2,1-3H3,(H,52,55). The first kappa shape index (κ1) is 55.9. The second-order valence-corrected chi connectivity index (χ2v) is 17.9. The number of hydrogen-bond donors (Lipinski definition) is 3. The Morgan fingerprint density at radius 1 is 0.439 bits per heavy atom. The zero-order valence-electron chi connectivity index (χ0n) is 38.8. The van der Waals surface area contributed by atoms with Crippen LogP contribution in [0.15, 0.2) is 0 Å². The van der Waals surface area contributed by atoms with Crippen LogP contribution in [0.4, 0.5) is 0 Å². The number of amides is 1. The highest BCUT2D eigenvalue weighted by atomic mass is 16.5. The van der Waals surface area contributed by atoms with Gasteiger partial charge in [-0.2, -0.15) is 0 Å². The Hall–Kier alpha value is -1.14. The molecule has 0 aliphatic carbocycles. The van der Waals surface area contributed by atoms with Gasteiger partial charge in [-0.3, -0.25) is 9.59 Å². The third kappa shape index (κ3) is 41.4. The van der Waals surface area contributed by atoms with Crippen LogP contribution < -0.4 is 5.32 Å². The molecule has 0 aromatic rings. The summed E-state index contributed by atoms with van der Waals surface area (Å²) in [6.45, 7) is 6.50. The number of rotatable bonds is 47. The van der Waals surface area contributed by atoms with Gasteiger partial charge in [-0.05, 0) is 25.7 Å². The van der Waals surface area contributed by atoms with Crippen LogP contribution in [0.25, 0.3) is 0 Å². The zero-order valence-corrected chi connectivity index (χ0v) is 38.8. The molecule has 3 unspecified atom stereocenters. The van der Waals surface area contributed by atoms with Gasteiger partial charge in [0.05, 0.1) is 25.2 Å². The molecule has 0 rings (SSSR count). The zero-order chi connectivity index (χ0) is 41.7. The third-order valence-electron chi connectivity index (χ3n) is 12.2. The van der Waals surface area contributed by atoms with E-state index in [0.717, 1.165) is 38.5 Å². The molecule has 0 radical (unpaired) electrons. The van der Waals surface area contributed by atoms with Crippen LogP contribution in [-0.4, -0.2) is 46.9 Å². The Morgan fingerprint density at radius 3 is 1.07 bits per heavy atom. The predicted molar refractivity (Wildman–Crippen MR) is 246 cm³/mol. The summed E-state index contributed by atoms with van der Waals surface area (Å²) in [6, 6.07) is -0.691. The molecule has 0 aromatic carbocycles. The maximum Gasteiger partial charge on any atom is 0.306 e. The van der Waals surface area contributed by atoms with E-state index in [2.05, 4.69) is 26.1 Å². The van der Waals surface area contributed by atoms with Crippen LogP contribution >= 0.6 is 0 Å². The average Bonchev–Trinajstić information content (AvgIpc) is 3.20. The lowest BCUT2D eigenvalue weighted by molar-refractivity contribution is -0.151. The monoisotopic (exact) mass is 808 g/mol. The van der Waals surface area contributed by atoms with E-state index in [1.165, 1.54) is 205 Å². The summed E-state index contributed by atoms with van der Waals surface area (Å²) < 4.78 is 5.94. The summed E-state index contributed by atoms with van der Waals surface area (Å²) in [5.41, 5.74) is 0. The van der Waals surface area contributed by atoms with E-state index in [0.29, 0.717) is 19.3 Å². The van der Waals surface area contributed by atoms with Gasteiger partial charge < -0.3 is 20.3 Å². The molecule has 0 aromatic heterocycles. The molecule has 3 atom stereocenters. The first-order chi connectivity index (χ1) is 28.0. The fourth-order valence-corrected chi connectivity index (χ4v) is 8.26. The lowest BCUT2D eigenvalue weighted by Crippen LogP contribution is -2.46. The third-order valence-corrected chi connectivity index (χ3v) is 12.2. The fourth-order valence-electron chi connectivity index (χ4n) is 8.26. The molecular formula is C51H101NO5. The van der Waals surface area contributed by atoms with E-state index >= 15 is 0 Å². The molecule has 6 heteroatoms. The summed E-state index contributed by atoms with van der Waals surface area (Å²) in [6.07, 6.45) is 48.7. The number of unbranched alkanes of at least 4 members (excludes halogenated alkanes) is 35. The highest BCUT2D eigenvalue weighted by Crippen LogP contribution is 2.19. The smallest absolute Gasteiger partial charge is 0.306 e. The summed E-state index contributed by atoms with van der Waals surface area (Å²) in [4.78, 5) is 26.1. The number of carbonyl (C=O) groups excluding carboxylic acids is 2. The number of aliphatic hydroxyl groups is 2. The van der Waals surface area contributed by atoms with Gasteiger partial charge in [-0.15, -0.1) is 0 Å². The van der Waals surface area contributed by atoms with Crippen LogP contribution in [0.3, 0.4) is 0 Å². The first-order valence-corrected chi connectivity index (χ1v) is 25.8. The van der Waals surface area contributed by atoms with Crippen molar-refractivity contribution < 1.29 is 24.5 Å². The van der Waals surface area contributed by atoms with Crippen molar-refractivity contribution in [2.24, 2.45) is 0 Å². The van der Waals surface area contributed by atoms with Crippen LogP contribution in [-0.2, 0) is 14.3 Å². The number of ether oxygens (including phenoxy) is 1. The van der Waals surface area contributed by atoms with E-state index in [9.17, 15) is 19.8 Å². The lowest BCUT2D eigenvalue weighted by Gasteiger charge is -2.24. The van der Waals surface area contributed by atoms with Gasteiger partial charge in [0, 0.05) is 6.42 Å². The van der Waals surface area contributed by atoms with Crippen molar-refractivity contribution in [1.29, 1.82) is 0 Å². The van der Waals surface area contributed by atoms with E-state index in [-0.39, 0.29) is 24.9 Å². The lowest BCUT2D eigenvalue weighted by atomic mass is 10.0. The fraction of sp³-hybridized carbons (Fsp3) is 0.961. The van der Waals surface area contributed by atoms with Gasteiger partial charge in [0.15, 0.2) is 0 Å². The Kier molecular flexibility index (Phi) is 45.0. The molecule has 0 fully saturated rings. The van der Waals surface area contributed by atoms with Crippen molar-refractivity contribution in [3.05, 3.63) is 0 Å². The SMILES string of the molecule is CCCCCCCCCCCCCCCCC(=O)OC(CCCCCCCCCCCCCCCC)CC(=O)NC(CO)C(O)CCCCCCCCCCCC. The summed E-state index contributed by atoms with van der Waals surface area (Å²) in [5.74, 6) is -0.451.